The van der Waals surface area contributed by atoms with Crippen molar-refractivity contribution in [1.82, 2.24) is 0 Å². The van der Waals surface area contributed by atoms with E-state index in [1.807, 2.05) is 36.4 Å². The molecule has 2 heterocycles. The van der Waals surface area contributed by atoms with Crippen molar-refractivity contribution in [2.45, 2.75) is 0 Å². The van der Waals surface area contributed by atoms with Crippen LogP contribution in [-0.2, 0) is 30.0 Å². The maximum Gasteiger partial charge on any atom is 0.488 e. The van der Waals surface area contributed by atoms with Gasteiger partial charge in [-0.1, -0.05) is 411 Å². The van der Waals surface area contributed by atoms with Crippen molar-refractivity contribution in [2.24, 2.45) is 9.98 Å². The van der Waals surface area contributed by atoms with Crippen LogP contribution in [0.25, 0.3) is 0 Å². The number of methoxy groups -OCH3 is 2. The average molecular weight is 1870 g/mol. The van der Waals surface area contributed by atoms with Gasteiger partial charge >= 0.3 is 7.12 Å². The zero-order chi connectivity index (χ0) is 86.6. The molecule has 0 spiro atoms. The van der Waals surface area contributed by atoms with Crippen LogP contribution in [0.4, 0.5) is 11.4 Å². The Kier molecular flexibility index (Phi) is 37.7. The van der Waals surface area contributed by atoms with E-state index in [9.17, 15) is 9.59 Å². The van der Waals surface area contributed by atoms with Gasteiger partial charge < -0.3 is 29.3 Å². The number of halogens is 3. The van der Waals surface area contributed by atoms with E-state index < -0.39 is 38.8 Å². The van der Waals surface area contributed by atoms with Crippen LogP contribution >= 0.6 is 66.5 Å². The number of carbonyl (C=O) groups excluding carboxylic acids is 2. The van der Waals surface area contributed by atoms with Gasteiger partial charge in [0, 0.05) is 61.3 Å². The van der Waals surface area contributed by atoms with E-state index in [-0.39, 0.29) is 45.3 Å². The van der Waals surface area contributed by atoms with Gasteiger partial charge in [-0.15, -0.1) is 0 Å². The number of amides is 2. The largest absolute Gasteiger partial charge is 0.497 e. The average Bonchev–Trinajstić information content (AvgIpc) is 1.78. The summed E-state index contributed by atoms with van der Waals surface area (Å²) in [6, 6.07) is 154. The second kappa shape index (κ2) is 50.0. The second-order valence-electron chi connectivity index (χ2n) is 27.7. The molecule has 10 nitrogen and oxygen atoms in total. The van der Waals surface area contributed by atoms with Crippen LogP contribution in [0.3, 0.4) is 0 Å². The first-order valence-electron chi connectivity index (χ1n) is 40.1. The Morgan fingerprint density at radius 1 is 0.296 bits per heavy atom. The first kappa shape index (κ1) is 94.3. The van der Waals surface area contributed by atoms with E-state index in [1.165, 1.54) is 68.6 Å². The monoisotopic (exact) mass is 1860 g/mol. The third kappa shape index (κ3) is 27.3. The zero-order valence-electron chi connectivity index (χ0n) is 69.3. The molecular formula is C106H92BCl3N4O6P4Pd. The van der Waals surface area contributed by atoms with Crippen LogP contribution in [0.1, 0.15) is 16.7 Å². The number of likely N-dealkylation sites (N-methyl/N-ethyl adjacent to an activating group) is 2. The summed E-state index contributed by atoms with van der Waals surface area (Å²) < 4.78 is 10.1. The standard InChI is InChI=1S/4C18H15P.C17H15ClN2O2.C10H8Cl2N2O.C7H9BO3.Pd/c4*1-4-10-16(11-5-1)19(17-12-6-2-7-13-17)18-14-8-3-9-15-18;1-20-15-8-5-12(18)9-14(15)17(19-10-16(20)21)11-3-6-13(22-2)7-4-11;1-14-8-3-2-6(11)4-7(8)10(12)13-5-9(14)15;1-11-7-4-2-6(3-5-7)8(9)10;/h4*1-15H;3-9H,10H2,1-2H3;2-4H,5H2,1H3;2-5,9-10H,1H3;. The van der Waals surface area contributed by atoms with Gasteiger partial charge in [0.15, 0.2) is 0 Å². The van der Waals surface area contributed by atoms with E-state index in [2.05, 4.69) is 374 Å². The van der Waals surface area contributed by atoms with Gasteiger partial charge in [0.1, 0.15) is 29.8 Å². The summed E-state index contributed by atoms with van der Waals surface area (Å²) in [4.78, 5) is 35.2. The molecular weight excluding hydrogens is 1770 g/mol. The van der Waals surface area contributed by atoms with Crippen molar-refractivity contribution >= 4 is 177 Å². The molecule has 0 unspecified atom stereocenters. The number of benzene rings is 16. The molecule has 0 saturated carbocycles. The SMILES string of the molecule is CN1C(=O)CN=C(Cl)c2cc(Cl)ccc21.COc1ccc(B(O)O)cc1.COc1ccc(C2=NCC(=O)N(C)c3ccc(Cl)cc32)cc1.[Pd].c1ccc(P(c2ccccc2)c2ccccc2)cc1.c1ccc(P(c2ccccc2)c2ccccc2)cc1.c1ccc(P(c2ccccc2)c2ccccc2)cc1.c1ccc(P(c2ccccc2)c2ccccc2)cc1. The van der Waals surface area contributed by atoms with E-state index in [0.717, 1.165) is 34.0 Å². The maximum absolute atomic E-state index is 12.1. The van der Waals surface area contributed by atoms with Crippen molar-refractivity contribution in [3.63, 3.8) is 0 Å². The van der Waals surface area contributed by atoms with Gasteiger partial charge in [0.25, 0.3) is 0 Å². The first-order valence-corrected chi connectivity index (χ1v) is 46.6. The number of anilines is 2. The summed E-state index contributed by atoms with van der Waals surface area (Å²) in [5.74, 6) is 1.34. The Morgan fingerprint density at radius 2 is 0.512 bits per heavy atom. The molecule has 2 N–H and O–H groups in total. The number of hydrogen-bond donors (Lipinski definition) is 2. The summed E-state index contributed by atoms with van der Waals surface area (Å²) >= 11 is 18.0. The molecule has 18 rings (SSSR count). The van der Waals surface area contributed by atoms with Gasteiger partial charge in [0.2, 0.25) is 11.8 Å². The maximum atomic E-state index is 12.1. The minimum atomic E-state index is -1.40. The Balaban J connectivity index is 0.000000143. The third-order valence-corrected chi connectivity index (χ3v) is 30.1. The molecule has 0 atom stereocenters. The summed E-state index contributed by atoms with van der Waals surface area (Å²) in [6.07, 6.45) is 0. The van der Waals surface area contributed by atoms with Crippen LogP contribution in [0.2, 0.25) is 10.0 Å². The number of nitrogens with zero attached hydrogens (tertiary/aromatic N) is 4. The van der Waals surface area contributed by atoms with Gasteiger partial charge in [-0.3, -0.25) is 19.6 Å². The smallest absolute Gasteiger partial charge is 0.488 e. The van der Waals surface area contributed by atoms with E-state index in [4.69, 9.17) is 54.3 Å². The molecule has 626 valence electrons. The molecule has 16 aromatic carbocycles. The normalized spacial score (nSPS) is 11.7. The number of aliphatic imine (C=N–C) groups is 2. The van der Waals surface area contributed by atoms with Gasteiger partial charge in [0.05, 0.1) is 31.3 Å². The third-order valence-electron chi connectivity index (χ3n) is 19.5. The number of ether oxygens (including phenoxy) is 2. The predicted octanol–water partition coefficient (Wildman–Crippen LogP) is 18.6. The Hall–Kier alpha value is -11.4. The molecule has 16 aromatic rings. The molecule has 0 saturated heterocycles. The molecule has 0 bridgehead atoms. The molecule has 0 radical (unpaired) electrons. The molecule has 2 aliphatic heterocycles. The van der Waals surface area contributed by atoms with Crippen LogP contribution in [0, 0.1) is 0 Å². The van der Waals surface area contributed by atoms with E-state index >= 15 is 0 Å². The van der Waals surface area contributed by atoms with Crippen LogP contribution in [0.5, 0.6) is 11.5 Å². The molecule has 0 aliphatic carbocycles. The number of fused-ring (bicyclic) bond motifs is 2. The van der Waals surface area contributed by atoms with Crippen molar-refractivity contribution < 1.29 is 49.5 Å². The number of benzodiazepines with no additional fused rings is 2. The van der Waals surface area contributed by atoms with Gasteiger partial charge in [-0.2, -0.15) is 0 Å². The molecule has 19 heteroatoms. The van der Waals surface area contributed by atoms with Gasteiger partial charge in [-0.05, 0) is 174 Å². The predicted molar refractivity (Wildman–Crippen MR) is 534 cm³/mol. The fraction of sp³-hybridized carbons (Fsp3) is 0.0566. The summed E-state index contributed by atoms with van der Waals surface area (Å²) in [6.45, 7) is 0.186. The topological polar surface area (TPSA) is 124 Å². The van der Waals surface area contributed by atoms with Crippen molar-refractivity contribution in [2.75, 3.05) is 51.2 Å². The van der Waals surface area contributed by atoms with Crippen molar-refractivity contribution in [3.8, 4) is 11.5 Å². The Bertz CT molecular complexity index is 5140. The Labute approximate surface area is 768 Å². The van der Waals surface area contributed by atoms with Crippen LogP contribution in [-0.4, -0.2) is 81.3 Å². The van der Waals surface area contributed by atoms with E-state index in [1.54, 1.807) is 81.7 Å². The van der Waals surface area contributed by atoms with E-state index in [0.29, 0.717) is 32.0 Å². The van der Waals surface area contributed by atoms with Gasteiger partial charge in [-0.25, -0.2) is 0 Å². The molecule has 125 heavy (non-hydrogen) atoms. The fourth-order valence-corrected chi connectivity index (χ4v) is 23.2. The Morgan fingerprint density at radius 3 is 0.744 bits per heavy atom. The quantitative estimate of drug-likeness (QED) is 0.0733. The van der Waals surface area contributed by atoms with Crippen molar-refractivity contribution in [3.05, 3.63) is 476 Å². The number of rotatable bonds is 16. The summed E-state index contributed by atoms with van der Waals surface area (Å²) in [5, 5.41) is 35.7. The first-order chi connectivity index (χ1) is 60.7. The number of carbonyl (C=O) groups is 2. The fourth-order valence-electron chi connectivity index (χ4n) is 13.4. The summed E-state index contributed by atoms with van der Waals surface area (Å²) in [5.41, 5.74) is 5.23. The van der Waals surface area contributed by atoms with Crippen LogP contribution in [0.15, 0.2) is 459 Å². The zero-order valence-corrected chi connectivity index (χ0v) is 76.7. The summed E-state index contributed by atoms with van der Waals surface area (Å²) in [7, 11) is 3.45. The molecule has 2 amide bonds. The second-order valence-corrected chi connectivity index (χ2v) is 37.9. The minimum Gasteiger partial charge on any atom is -0.497 e. The molecule has 0 fully saturated rings. The number of hydrogen-bond acceptors (Lipinski definition) is 8. The molecule has 0 aromatic heterocycles. The minimum absolute atomic E-state index is 0. The molecule has 2 aliphatic rings. The van der Waals surface area contributed by atoms with Crippen LogP contribution < -0.4 is 88.4 Å². The van der Waals surface area contributed by atoms with Crippen molar-refractivity contribution in [1.29, 1.82) is 0 Å².